The molecule has 7 rings (SSSR count). The number of halogens is 1. The third-order valence-corrected chi connectivity index (χ3v) is 13.5. The first-order valence-corrected chi connectivity index (χ1v) is 24.1. The average Bonchev–Trinajstić information content (AvgIpc) is 3.92. The third-order valence-electron chi connectivity index (χ3n) is 12.9. The van der Waals surface area contributed by atoms with E-state index in [-0.39, 0.29) is 24.0 Å². The van der Waals surface area contributed by atoms with Gasteiger partial charge in [0.15, 0.2) is 0 Å². The van der Waals surface area contributed by atoms with Crippen LogP contribution in [0.25, 0.3) is 22.0 Å². The molecule has 0 radical (unpaired) electrons. The number of imide groups is 1. The Morgan fingerprint density at radius 3 is 2.32 bits per heavy atom. The van der Waals surface area contributed by atoms with Crippen LogP contribution in [-0.4, -0.2) is 131 Å². The Morgan fingerprint density at radius 2 is 1.59 bits per heavy atom. The zero-order valence-electron chi connectivity index (χ0n) is 40.1. The van der Waals surface area contributed by atoms with Crippen LogP contribution >= 0.6 is 11.6 Å². The van der Waals surface area contributed by atoms with Crippen molar-refractivity contribution in [2.45, 2.75) is 85.9 Å². The highest BCUT2D eigenvalue weighted by Gasteiger charge is 2.40. The quantitative estimate of drug-likeness (QED) is 0.0324. The summed E-state index contributed by atoms with van der Waals surface area (Å²) in [5.41, 5.74) is 8.72. The molecule has 2 aromatic heterocycles. The Labute approximate surface area is 406 Å². The van der Waals surface area contributed by atoms with Crippen LogP contribution in [0.15, 0.2) is 53.7 Å². The molecule has 368 valence electrons. The first kappa shape index (κ1) is 50.9. The molecule has 5 aromatic rings. The number of fused-ring (bicyclic) bond motifs is 2. The summed E-state index contributed by atoms with van der Waals surface area (Å²) in [5, 5.41) is 23.0. The van der Waals surface area contributed by atoms with E-state index in [0.29, 0.717) is 103 Å². The van der Waals surface area contributed by atoms with Crippen molar-refractivity contribution in [1.82, 2.24) is 24.1 Å². The molecule has 18 heteroatoms. The van der Waals surface area contributed by atoms with Gasteiger partial charge in [0.25, 0.3) is 17.7 Å². The number of ether oxygens (including phenoxy) is 4. The summed E-state index contributed by atoms with van der Waals surface area (Å²) in [6.07, 6.45) is 1.85. The molecule has 0 bridgehead atoms. The maximum atomic E-state index is 13.3. The molecule has 2 aliphatic rings. The van der Waals surface area contributed by atoms with E-state index >= 15 is 0 Å². The second-order valence-electron chi connectivity index (χ2n) is 17.6. The van der Waals surface area contributed by atoms with Gasteiger partial charge in [0.2, 0.25) is 0 Å². The van der Waals surface area contributed by atoms with Gasteiger partial charge in [-0.05, 0) is 101 Å². The summed E-state index contributed by atoms with van der Waals surface area (Å²) >= 11 is 6.39. The monoisotopic (exact) mass is 967 g/mol. The van der Waals surface area contributed by atoms with E-state index in [0.717, 1.165) is 78.9 Å². The number of morpholine rings is 1. The number of nitrogens with one attached hydrogen (secondary N) is 1. The smallest absolute Gasteiger partial charge is 0.352 e. The first-order chi connectivity index (χ1) is 33.3. The Balaban J connectivity index is 0.944. The Kier molecular flexibility index (Phi) is 17.4. The third kappa shape index (κ3) is 11.7. The van der Waals surface area contributed by atoms with Crippen LogP contribution in [0.3, 0.4) is 0 Å². The van der Waals surface area contributed by atoms with Crippen molar-refractivity contribution in [2.24, 2.45) is 5.18 Å². The number of benzene rings is 3. The number of nitrogens with zero attached hydrogens (tertiary/aromatic N) is 6. The lowest BCUT2D eigenvalue weighted by Crippen LogP contribution is -2.38. The van der Waals surface area contributed by atoms with Gasteiger partial charge in [0.1, 0.15) is 11.4 Å². The highest BCUT2D eigenvalue weighted by atomic mass is 35.5. The van der Waals surface area contributed by atoms with Crippen molar-refractivity contribution in [1.29, 1.82) is 0 Å². The molecule has 69 heavy (non-hydrogen) atoms. The van der Waals surface area contributed by atoms with E-state index < -0.39 is 29.7 Å². The molecule has 3 aromatic carbocycles. The lowest BCUT2D eigenvalue weighted by atomic mass is 9.98. The molecule has 0 aliphatic carbocycles. The number of amides is 3. The van der Waals surface area contributed by atoms with Gasteiger partial charge in [-0.15, -0.1) is 4.91 Å². The molecule has 1 unspecified atom stereocenters. The highest BCUT2D eigenvalue weighted by molar-refractivity contribution is 6.32. The molecule has 1 fully saturated rings. The summed E-state index contributed by atoms with van der Waals surface area (Å²) in [5.74, 6) is -1.94. The number of carbonyl (C=O) groups excluding carboxylic acids is 3. The van der Waals surface area contributed by atoms with E-state index in [9.17, 15) is 29.2 Å². The van der Waals surface area contributed by atoms with Crippen LogP contribution < -0.4 is 10.1 Å². The first-order valence-electron chi connectivity index (χ1n) is 23.7. The minimum atomic E-state index is -0.959. The molecule has 4 heterocycles. The van der Waals surface area contributed by atoms with Gasteiger partial charge in [-0.3, -0.25) is 28.9 Å². The van der Waals surface area contributed by atoms with Crippen molar-refractivity contribution < 1.29 is 43.2 Å². The maximum Gasteiger partial charge on any atom is 0.352 e. The van der Waals surface area contributed by atoms with Gasteiger partial charge in [-0.1, -0.05) is 35.9 Å². The number of carboxylic acid groups (broad SMARTS) is 1. The zero-order chi connectivity index (χ0) is 49.2. The van der Waals surface area contributed by atoms with Crippen molar-refractivity contribution in [3.63, 3.8) is 0 Å². The van der Waals surface area contributed by atoms with Crippen LogP contribution in [-0.2, 0) is 38.5 Å². The fourth-order valence-corrected chi connectivity index (χ4v) is 9.57. The second kappa shape index (κ2) is 23.6. The minimum absolute atomic E-state index is 0.145. The topological polar surface area (TPSA) is 196 Å². The van der Waals surface area contributed by atoms with E-state index in [1.807, 2.05) is 54.3 Å². The summed E-state index contributed by atoms with van der Waals surface area (Å²) in [6, 6.07) is 14.4. The van der Waals surface area contributed by atoms with Crippen molar-refractivity contribution in [2.75, 3.05) is 77.7 Å². The number of aromatic carboxylic acids is 1. The Morgan fingerprint density at radius 1 is 0.884 bits per heavy atom. The number of rotatable bonds is 25. The van der Waals surface area contributed by atoms with E-state index in [4.69, 9.17) is 35.6 Å². The fourth-order valence-electron chi connectivity index (χ4n) is 9.46. The van der Waals surface area contributed by atoms with Crippen molar-refractivity contribution in [3.8, 4) is 16.9 Å². The molecular weight excluding hydrogens is 906 g/mol. The van der Waals surface area contributed by atoms with Crippen LogP contribution in [0.5, 0.6) is 5.75 Å². The summed E-state index contributed by atoms with van der Waals surface area (Å²) in [6.45, 7) is 16.7. The number of aromatic nitrogens is 3. The van der Waals surface area contributed by atoms with Gasteiger partial charge in [0.05, 0.1) is 62.0 Å². The van der Waals surface area contributed by atoms with Crippen LogP contribution in [0.2, 0.25) is 5.02 Å². The van der Waals surface area contributed by atoms with Gasteiger partial charge >= 0.3 is 5.97 Å². The van der Waals surface area contributed by atoms with E-state index in [1.54, 1.807) is 25.1 Å². The lowest BCUT2D eigenvalue weighted by Gasteiger charge is -2.27. The van der Waals surface area contributed by atoms with Crippen molar-refractivity contribution >= 4 is 51.9 Å². The molecule has 1 atom stereocenters. The van der Waals surface area contributed by atoms with Gasteiger partial charge in [-0.2, -0.15) is 5.10 Å². The van der Waals surface area contributed by atoms with Crippen molar-refractivity contribution in [3.05, 3.63) is 103 Å². The predicted molar refractivity (Wildman–Crippen MR) is 263 cm³/mol. The van der Waals surface area contributed by atoms with Crippen LogP contribution in [0.1, 0.15) is 91.9 Å². The Hall–Kier alpha value is -5.98. The highest BCUT2D eigenvalue weighted by Crippen LogP contribution is 2.39. The molecule has 17 nitrogen and oxygen atoms in total. The molecule has 0 saturated carbocycles. The molecule has 1 saturated heterocycles. The predicted octanol–water partition coefficient (Wildman–Crippen LogP) is 8.03. The molecule has 3 amide bonds. The number of anilines is 1. The largest absolute Gasteiger partial charge is 0.494 e. The standard InChI is InChI=1S/C51H62ClN7O10/c1-32-30-37(31-33(2)46(32)52)69-24-8-13-39-38-10-6-11-40(47(38)57(48(39)51(63)64)20-19-56-21-26-68-27-22-56)44-35(4)54-58(36(44)5)18-9-23-66-28-29-67-25-17-53-42-14-7-12-41-45(42)50(62)59(49(41)61)34(3)15-16-43(60)55-65/h6-7,10-12,14,30-31,34,53H,8-9,13,15-29H2,1-5H3,(H,63,64). The van der Waals surface area contributed by atoms with Gasteiger partial charge in [0, 0.05) is 96.4 Å². The van der Waals surface area contributed by atoms with E-state index in [2.05, 4.69) is 28.4 Å². The molecule has 2 aliphatic heterocycles. The number of hydrogen-bond acceptors (Lipinski definition) is 12. The maximum absolute atomic E-state index is 13.3. The fraction of sp³-hybridized carbons (Fsp3) is 0.471. The number of carbonyl (C=O) groups is 4. The molecule has 2 N–H and O–H groups in total. The summed E-state index contributed by atoms with van der Waals surface area (Å²) in [7, 11) is 0. The number of carboxylic acids is 1. The summed E-state index contributed by atoms with van der Waals surface area (Å²) < 4.78 is 27.4. The Bertz CT molecular complexity index is 2670. The van der Waals surface area contributed by atoms with Crippen LogP contribution in [0.4, 0.5) is 5.69 Å². The number of aryl methyl sites for hydroxylation is 5. The number of nitroso groups, excluding NO2 is 1. The normalized spacial score (nSPS) is 14.4. The zero-order valence-corrected chi connectivity index (χ0v) is 40.9. The van der Waals surface area contributed by atoms with Gasteiger partial charge in [-0.25, -0.2) is 4.79 Å². The second-order valence-corrected chi connectivity index (χ2v) is 18.0. The summed E-state index contributed by atoms with van der Waals surface area (Å²) in [4.78, 5) is 65.0. The number of hydrogen-bond donors (Lipinski definition) is 2. The average molecular weight is 969 g/mol. The SMILES string of the molecule is Cc1cc(OCCCc2c(C(=O)O)n(CCN3CCOCC3)c3c(-c4c(C)nn(CCCOCCOCCNc5cccc6c5C(=O)N(C(C)CCC(=O)N=O)C6=O)c4C)cccc23)cc(C)c1Cl. The van der Waals surface area contributed by atoms with Crippen LogP contribution in [0, 0.1) is 32.6 Å². The van der Waals surface area contributed by atoms with Gasteiger partial charge < -0.3 is 33.9 Å². The molecular formula is C51H62ClN7O10. The molecule has 0 spiro atoms. The number of para-hydroxylation sites is 1. The van der Waals surface area contributed by atoms with E-state index in [1.165, 1.54) is 0 Å². The minimum Gasteiger partial charge on any atom is -0.494 e. The lowest BCUT2D eigenvalue weighted by molar-refractivity contribution is -0.118.